The number of hydrogen-bond donors (Lipinski definition) is 2. The molecule has 2 N–H and O–H groups in total. The van der Waals surface area contributed by atoms with E-state index in [-0.39, 0.29) is 6.03 Å². The topological polar surface area (TPSA) is 53.6 Å². The molecule has 0 saturated heterocycles. The van der Waals surface area contributed by atoms with Crippen molar-refractivity contribution in [3.8, 4) is 0 Å². The van der Waals surface area contributed by atoms with Gasteiger partial charge in [-0.3, -0.25) is 0 Å². The van der Waals surface area contributed by atoms with Crippen LogP contribution in [0.15, 0.2) is 54.6 Å². The highest BCUT2D eigenvalue weighted by Gasteiger charge is 2.03. The zero-order valence-electron chi connectivity index (χ0n) is 19.2. The molecule has 2 amide bonds. The first-order chi connectivity index (χ1) is 15.1. The van der Waals surface area contributed by atoms with Crippen LogP contribution in [0.25, 0.3) is 0 Å². The van der Waals surface area contributed by atoms with E-state index in [9.17, 15) is 4.79 Å². The van der Waals surface area contributed by atoms with Crippen LogP contribution in [0.2, 0.25) is 0 Å². The zero-order chi connectivity index (χ0) is 22.2. The van der Waals surface area contributed by atoms with Crippen LogP contribution in [0.5, 0.6) is 0 Å². The lowest BCUT2D eigenvalue weighted by Crippen LogP contribution is -2.27. The fourth-order valence-corrected chi connectivity index (χ4v) is 3.26. The van der Waals surface area contributed by atoms with E-state index < -0.39 is 0 Å². The lowest BCUT2D eigenvalue weighted by atomic mass is 10.1. The van der Waals surface area contributed by atoms with Gasteiger partial charge in [0.25, 0.3) is 0 Å². The van der Waals surface area contributed by atoms with Crippen molar-refractivity contribution in [2.75, 3.05) is 39.2 Å². The first kappa shape index (κ1) is 24.9. The third-order valence-corrected chi connectivity index (χ3v) is 5.18. The van der Waals surface area contributed by atoms with Gasteiger partial charge in [0.15, 0.2) is 0 Å². The monoisotopic (exact) mass is 425 g/mol. The van der Waals surface area contributed by atoms with Crippen molar-refractivity contribution in [3.63, 3.8) is 0 Å². The summed E-state index contributed by atoms with van der Waals surface area (Å²) in [5.41, 5.74) is 3.47. The second-order valence-electron chi connectivity index (χ2n) is 8.17. The Morgan fingerprint density at radius 1 is 0.806 bits per heavy atom. The van der Waals surface area contributed by atoms with Gasteiger partial charge in [-0.1, -0.05) is 55.3 Å². The highest BCUT2D eigenvalue weighted by atomic mass is 16.5. The van der Waals surface area contributed by atoms with E-state index in [2.05, 4.69) is 53.1 Å². The minimum atomic E-state index is -0.107. The van der Waals surface area contributed by atoms with Crippen molar-refractivity contribution in [3.05, 3.63) is 65.7 Å². The molecule has 0 saturated carbocycles. The molecule has 2 aromatic carbocycles. The molecule has 2 aromatic rings. The number of carbonyl (C=O) groups excluding carboxylic acids is 1. The summed E-state index contributed by atoms with van der Waals surface area (Å²) >= 11 is 0. The van der Waals surface area contributed by atoms with E-state index in [1.807, 2.05) is 12.1 Å². The molecule has 0 bridgehead atoms. The SMILES string of the molecule is CN(C)C(=O)Nc1ccc(CCCCOCCCCCCNCc2ccccc2)cc1. The van der Waals surface area contributed by atoms with Crippen molar-refractivity contribution in [1.29, 1.82) is 0 Å². The van der Waals surface area contributed by atoms with Crippen molar-refractivity contribution < 1.29 is 9.53 Å². The largest absolute Gasteiger partial charge is 0.381 e. The summed E-state index contributed by atoms with van der Waals surface area (Å²) in [6, 6.07) is 18.5. The average Bonchev–Trinajstić information content (AvgIpc) is 2.78. The second kappa shape index (κ2) is 15.4. The molecule has 170 valence electrons. The summed E-state index contributed by atoms with van der Waals surface area (Å²) in [4.78, 5) is 13.2. The Balaban J connectivity index is 1.37. The number of amides is 2. The molecule has 0 aromatic heterocycles. The van der Waals surface area contributed by atoms with Gasteiger partial charge in [-0.15, -0.1) is 0 Å². The number of benzene rings is 2. The van der Waals surface area contributed by atoms with Gasteiger partial charge in [0.2, 0.25) is 0 Å². The van der Waals surface area contributed by atoms with Crippen LogP contribution in [0.4, 0.5) is 10.5 Å². The summed E-state index contributed by atoms with van der Waals surface area (Å²) in [6.45, 7) is 3.76. The van der Waals surface area contributed by atoms with Gasteiger partial charge in [0.1, 0.15) is 0 Å². The molecule has 0 heterocycles. The van der Waals surface area contributed by atoms with E-state index in [4.69, 9.17) is 4.74 Å². The molecule has 0 fully saturated rings. The maximum absolute atomic E-state index is 11.6. The number of nitrogens with one attached hydrogen (secondary N) is 2. The van der Waals surface area contributed by atoms with Crippen molar-refractivity contribution >= 4 is 11.7 Å². The number of carbonyl (C=O) groups is 1. The van der Waals surface area contributed by atoms with Crippen molar-refractivity contribution in [2.45, 2.75) is 51.5 Å². The first-order valence-electron chi connectivity index (χ1n) is 11.5. The summed E-state index contributed by atoms with van der Waals surface area (Å²) < 4.78 is 5.77. The van der Waals surface area contributed by atoms with E-state index in [0.717, 1.165) is 57.7 Å². The molecule has 0 radical (unpaired) electrons. The normalized spacial score (nSPS) is 10.8. The molecule has 0 aliphatic rings. The Morgan fingerprint density at radius 2 is 1.48 bits per heavy atom. The van der Waals surface area contributed by atoms with E-state index in [1.54, 1.807) is 14.1 Å². The first-order valence-corrected chi connectivity index (χ1v) is 11.5. The quantitative estimate of drug-likeness (QED) is 0.372. The van der Waals surface area contributed by atoms with Crippen LogP contribution in [-0.2, 0) is 17.7 Å². The van der Waals surface area contributed by atoms with Gasteiger partial charge in [0, 0.05) is 39.5 Å². The highest BCUT2D eigenvalue weighted by Crippen LogP contribution is 2.12. The Labute approximate surface area is 188 Å². The molecule has 0 atom stereocenters. The fourth-order valence-electron chi connectivity index (χ4n) is 3.26. The maximum Gasteiger partial charge on any atom is 0.321 e. The van der Waals surface area contributed by atoms with Crippen LogP contribution in [0.3, 0.4) is 0 Å². The number of aryl methyl sites for hydroxylation is 1. The number of anilines is 1. The van der Waals surface area contributed by atoms with Gasteiger partial charge in [-0.25, -0.2) is 4.79 Å². The number of rotatable bonds is 15. The summed E-state index contributed by atoms with van der Waals surface area (Å²) in [6.07, 6.45) is 8.13. The maximum atomic E-state index is 11.6. The highest BCUT2D eigenvalue weighted by molar-refractivity contribution is 5.88. The lowest BCUT2D eigenvalue weighted by Gasteiger charge is -2.12. The Morgan fingerprint density at radius 3 is 2.19 bits per heavy atom. The molecule has 5 heteroatoms. The van der Waals surface area contributed by atoms with Crippen molar-refractivity contribution in [2.24, 2.45) is 0 Å². The molecular weight excluding hydrogens is 386 g/mol. The van der Waals surface area contributed by atoms with Gasteiger partial charge >= 0.3 is 6.03 Å². The van der Waals surface area contributed by atoms with Gasteiger partial charge in [-0.2, -0.15) is 0 Å². The van der Waals surface area contributed by atoms with Crippen LogP contribution in [0.1, 0.15) is 49.7 Å². The van der Waals surface area contributed by atoms with Crippen LogP contribution in [0, 0.1) is 0 Å². The minimum Gasteiger partial charge on any atom is -0.381 e. The predicted molar refractivity (Wildman–Crippen MR) is 130 cm³/mol. The molecule has 0 spiro atoms. The van der Waals surface area contributed by atoms with E-state index >= 15 is 0 Å². The lowest BCUT2D eigenvalue weighted by molar-refractivity contribution is 0.126. The predicted octanol–water partition coefficient (Wildman–Crippen LogP) is 5.47. The number of hydrogen-bond acceptors (Lipinski definition) is 3. The summed E-state index contributed by atoms with van der Waals surface area (Å²) in [7, 11) is 3.47. The zero-order valence-corrected chi connectivity index (χ0v) is 19.2. The third kappa shape index (κ3) is 11.6. The molecule has 5 nitrogen and oxygen atoms in total. The molecule has 0 unspecified atom stereocenters. The van der Waals surface area contributed by atoms with E-state index in [1.165, 1.54) is 35.3 Å². The number of urea groups is 1. The Bertz CT molecular complexity index is 717. The molecule has 0 aliphatic carbocycles. The third-order valence-electron chi connectivity index (χ3n) is 5.18. The minimum absolute atomic E-state index is 0.107. The Hall–Kier alpha value is -2.37. The smallest absolute Gasteiger partial charge is 0.321 e. The summed E-state index contributed by atoms with van der Waals surface area (Å²) in [5.74, 6) is 0. The van der Waals surface area contributed by atoms with Crippen molar-refractivity contribution in [1.82, 2.24) is 10.2 Å². The van der Waals surface area contributed by atoms with E-state index in [0.29, 0.717) is 0 Å². The van der Waals surface area contributed by atoms with Crippen LogP contribution >= 0.6 is 0 Å². The number of unbranched alkanes of at least 4 members (excludes halogenated alkanes) is 4. The fraction of sp³-hybridized carbons (Fsp3) is 0.500. The number of ether oxygens (including phenoxy) is 1. The summed E-state index contributed by atoms with van der Waals surface area (Å²) in [5, 5.41) is 6.36. The average molecular weight is 426 g/mol. The molecule has 31 heavy (non-hydrogen) atoms. The van der Waals surface area contributed by atoms with Gasteiger partial charge in [-0.05, 0) is 61.9 Å². The molecule has 0 aliphatic heterocycles. The standard InChI is InChI=1S/C26H39N3O2/c1-29(2)26(30)28-25-17-15-23(16-18-25)12-8-11-21-31-20-10-4-3-9-19-27-22-24-13-6-5-7-14-24/h5-7,13-18,27H,3-4,8-12,19-22H2,1-2H3,(H,28,30). The van der Waals surface area contributed by atoms with Gasteiger partial charge < -0.3 is 20.3 Å². The molecular formula is C26H39N3O2. The molecule has 2 rings (SSSR count). The second-order valence-corrected chi connectivity index (χ2v) is 8.17. The number of nitrogens with zero attached hydrogens (tertiary/aromatic N) is 1. The Kier molecular flexibility index (Phi) is 12.4. The van der Waals surface area contributed by atoms with Crippen LogP contribution in [-0.4, -0.2) is 44.8 Å². The van der Waals surface area contributed by atoms with Gasteiger partial charge in [0.05, 0.1) is 0 Å². The van der Waals surface area contributed by atoms with Crippen LogP contribution < -0.4 is 10.6 Å².